The van der Waals surface area contributed by atoms with Gasteiger partial charge in [0, 0.05) is 25.5 Å². The fraction of sp³-hybridized carbons (Fsp3) is 0.636. The topological polar surface area (TPSA) is 56.1 Å². The van der Waals surface area contributed by atoms with Gasteiger partial charge >= 0.3 is 0 Å². The molecule has 1 aliphatic rings. The molecule has 1 fully saturated rings. The van der Waals surface area contributed by atoms with Crippen LogP contribution in [0.1, 0.15) is 20.3 Å². The molecule has 5 nitrogen and oxygen atoms in total. The standard InChI is InChI=1S/C11H17N3O2/c1-3-14-6-5-12-9(10(14)15)13-11(2)4-7-16-8-11/h5-6H,3-4,7-8H2,1-2H3,(H,12,13). The Balaban J connectivity index is 2.24. The van der Waals surface area contributed by atoms with E-state index in [4.69, 9.17) is 4.74 Å². The highest BCUT2D eigenvalue weighted by Gasteiger charge is 2.30. The third kappa shape index (κ3) is 2.09. The first-order chi connectivity index (χ1) is 7.64. The molecule has 2 heterocycles. The van der Waals surface area contributed by atoms with E-state index in [1.165, 1.54) is 0 Å². The molecule has 0 amide bonds. The van der Waals surface area contributed by atoms with E-state index < -0.39 is 0 Å². The largest absolute Gasteiger partial charge is 0.379 e. The molecule has 0 bridgehead atoms. The Kier molecular flexibility index (Phi) is 2.96. The number of anilines is 1. The van der Waals surface area contributed by atoms with Crippen LogP contribution in [-0.2, 0) is 11.3 Å². The smallest absolute Gasteiger partial charge is 0.293 e. The zero-order chi connectivity index (χ0) is 11.6. The predicted octanol–water partition coefficient (Wildman–Crippen LogP) is 0.854. The summed E-state index contributed by atoms with van der Waals surface area (Å²) >= 11 is 0. The molecule has 0 saturated carbocycles. The summed E-state index contributed by atoms with van der Waals surface area (Å²) in [6.45, 7) is 5.99. The van der Waals surface area contributed by atoms with Gasteiger partial charge in [0.1, 0.15) is 0 Å². The minimum atomic E-state index is -0.168. The van der Waals surface area contributed by atoms with Gasteiger partial charge in [0.15, 0.2) is 5.82 Å². The van der Waals surface area contributed by atoms with Gasteiger partial charge in [0.2, 0.25) is 0 Å². The van der Waals surface area contributed by atoms with Crippen LogP contribution in [-0.4, -0.2) is 28.3 Å². The van der Waals surface area contributed by atoms with Gasteiger partial charge in [-0.3, -0.25) is 4.79 Å². The summed E-state index contributed by atoms with van der Waals surface area (Å²) < 4.78 is 6.96. The zero-order valence-corrected chi connectivity index (χ0v) is 9.69. The number of aromatic nitrogens is 2. The normalized spacial score (nSPS) is 24.6. The van der Waals surface area contributed by atoms with E-state index in [0.29, 0.717) is 19.0 Å². The maximum Gasteiger partial charge on any atom is 0.293 e. The average molecular weight is 223 g/mol. The second-order valence-electron chi connectivity index (χ2n) is 4.36. The van der Waals surface area contributed by atoms with Gasteiger partial charge in [-0.05, 0) is 20.3 Å². The molecule has 1 aromatic heterocycles. The minimum absolute atomic E-state index is 0.0712. The number of nitrogens with one attached hydrogen (secondary N) is 1. The lowest BCUT2D eigenvalue weighted by molar-refractivity contribution is 0.185. The van der Waals surface area contributed by atoms with Crippen molar-refractivity contribution < 1.29 is 4.74 Å². The fourth-order valence-electron chi connectivity index (χ4n) is 1.83. The number of hydrogen-bond donors (Lipinski definition) is 1. The second kappa shape index (κ2) is 4.25. The lowest BCUT2D eigenvalue weighted by atomic mass is 10.0. The van der Waals surface area contributed by atoms with Crippen LogP contribution < -0.4 is 10.9 Å². The SMILES string of the molecule is CCn1ccnc(NC2(C)CCOC2)c1=O. The van der Waals surface area contributed by atoms with Gasteiger partial charge < -0.3 is 14.6 Å². The van der Waals surface area contributed by atoms with E-state index in [1.807, 2.05) is 13.8 Å². The molecular formula is C11H17N3O2. The van der Waals surface area contributed by atoms with Gasteiger partial charge in [0.05, 0.1) is 12.1 Å². The molecule has 1 saturated heterocycles. The summed E-state index contributed by atoms with van der Waals surface area (Å²) in [5.41, 5.74) is -0.239. The molecule has 16 heavy (non-hydrogen) atoms. The molecule has 1 aliphatic heterocycles. The lowest BCUT2D eigenvalue weighted by Crippen LogP contribution is -2.38. The van der Waals surface area contributed by atoms with Crippen LogP contribution in [0.2, 0.25) is 0 Å². The number of hydrogen-bond acceptors (Lipinski definition) is 4. The summed E-state index contributed by atoms with van der Waals surface area (Å²) in [6, 6.07) is 0. The Bertz CT molecular complexity index is 421. The quantitative estimate of drug-likeness (QED) is 0.825. The van der Waals surface area contributed by atoms with Gasteiger partial charge in [0.25, 0.3) is 5.56 Å². The number of nitrogens with zero attached hydrogens (tertiary/aromatic N) is 2. The molecule has 1 aromatic rings. The number of ether oxygens (including phenoxy) is 1. The van der Waals surface area contributed by atoms with Gasteiger partial charge in [-0.1, -0.05) is 0 Å². The minimum Gasteiger partial charge on any atom is -0.379 e. The number of rotatable bonds is 3. The van der Waals surface area contributed by atoms with Crippen molar-refractivity contribution in [1.82, 2.24) is 9.55 Å². The first-order valence-corrected chi connectivity index (χ1v) is 5.56. The van der Waals surface area contributed by atoms with Crippen LogP contribution in [0.25, 0.3) is 0 Å². The van der Waals surface area contributed by atoms with Crippen molar-refractivity contribution in [1.29, 1.82) is 0 Å². The molecule has 2 rings (SSSR count). The monoisotopic (exact) mass is 223 g/mol. The summed E-state index contributed by atoms with van der Waals surface area (Å²) in [5.74, 6) is 0.414. The third-order valence-electron chi connectivity index (χ3n) is 2.89. The maximum absolute atomic E-state index is 11.9. The van der Waals surface area contributed by atoms with Crippen LogP contribution in [0, 0.1) is 0 Å². The maximum atomic E-state index is 11.9. The summed E-state index contributed by atoms with van der Waals surface area (Å²) in [5, 5.41) is 3.19. The van der Waals surface area contributed by atoms with Crippen molar-refractivity contribution in [3.05, 3.63) is 22.7 Å². The average Bonchev–Trinajstić information content (AvgIpc) is 2.68. The van der Waals surface area contributed by atoms with E-state index in [2.05, 4.69) is 10.3 Å². The molecular weight excluding hydrogens is 206 g/mol. The summed E-state index contributed by atoms with van der Waals surface area (Å²) in [7, 11) is 0. The van der Waals surface area contributed by atoms with Gasteiger partial charge in [-0.25, -0.2) is 4.98 Å². The molecule has 0 aromatic carbocycles. The molecule has 0 radical (unpaired) electrons. The van der Waals surface area contributed by atoms with Crippen LogP contribution in [0.3, 0.4) is 0 Å². The molecule has 1 unspecified atom stereocenters. The highest BCUT2D eigenvalue weighted by atomic mass is 16.5. The Labute approximate surface area is 94.5 Å². The first-order valence-electron chi connectivity index (χ1n) is 5.56. The molecule has 0 aliphatic carbocycles. The van der Waals surface area contributed by atoms with E-state index in [-0.39, 0.29) is 11.1 Å². The third-order valence-corrected chi connectivity index (χ3v) is 2.89. The fourth-order valence-corrected chi connectivity index (χ4v) is 1.83. The second-order valence-corrected chi connectivity index (χ2v) is 4.36. The molecule has 0 spiro atoms. The van der Waals surface area contributed by atoms with E-state index in [9.17, 15) is 4.79 Å². The van der Waals surface area contributed by atoms with Crippen molar-refractivity contribution in [2.24, 2.45) is 0 Å². The zero-order valence-electron chi connectivity index (χ0n) is 9.69. The molecule has 5 heteroatoms. The van der Waals surface area contributed by atoms with Crippen molar-refractivity contribution in [2.75, 3.05) is 18.5 Å². The number of aryl methyl sites for hydroxylation is 1. The Morgan fingerprint density at radius 1 is 1.69 bits per heavy atom. The van der Waals surface area contributed by atoms with E-state index in [0.717, 1.165) is 13.0 Å². The first kappa shape index (κ1) is 11.1. The Hall–Kier alpha value is -1.36. The van der Waals surface area contributed by atoms with Crippen LogP contribution in [0.4, 0.5) is 5.82 Å². The summed E-state index contributed by atoms with van der Waals surface area (Å²) in [6.07, 6.45) is 4.24. The van der Waals surface area contributed by atoms with Gasteiger partial charge in [-0.2, -0.15) is 0 Å². The van der Waals surface area contributed by atoms with Crippen molar-refractivity contribution in [2.45, 2.75) is 32.4 Å². The van der Waals surface area contributed by atoms with E-state index in [1.54, 1.807) is 17.0 Å². The lowest BCUT2D eigenvalue weighted by Gasteiger charge is -2.23. The van der Waals surface area contributed by atoms with Crippen LogP contribution >= 0.6 is 0 Å². The molecule has 88 valence electrons. The van der Waals surface area contributed by atoms with Crippen LogP contribution in [0.15, 0.2) is 17.2 Å². The summed E-state index contributed by atoms with van der Waals surface area (Å²) in [4.78, 5) is 16.0. The highest BCUT2D eigenvalue weighted by molar-refractivity contribution is 5.35. The predicted molar refractivity (Wildman–Crippen MR) is 61.6 cm³/mol. The van der Waals surface area contributed by atoms with Crippen molar-refractivity contribution in [3.8, 4) is 0 Å². The highest BCUT2D eigenvalue weighted by Crippen LogP contribution is 2.20. The molecule has 1 N–H and O–H groups in total. The Morgan fingerprint density at radius 2 is 2.50 bits per heavy atom. The van der Waals surface area contributed by atoms with Crippen molar-refractivity contribution >= 4 is 5.82 Å². The van der Waals surface area contributed by atoms with Crippen LogP contribution in [0.5, 0.6) is 0 Å². The van der Waals surface area contributed by atoms with E-state index >= 15 is 0 Å². The van der Waals surface area contributed by atoms with Crippen molar-refractivity contribution in [3.63, 3.8) is 0 Å². The molecule has 1 atom stereocenters. The van der Waals surface area contributed by atoms with Gasteiger partial charge in [-0.15, -0.1) is 0 Å². The Morgan fingerprint density at radius 3 is 3.12 bits per heavy atom.